The molecule has 0 aromatic rings. The zero-order valence-electron chi connectivity index (χ0n) is 19.7. The van der Waals surface area contributed by atoms with E-state index in [1.165, 1.54) is 0 Å². The second kappa shape index (κ2) is 8.88. The summed E-state index contributed by atoms with van der Waals surface area (Å²) in [5, 5.41) is 0. The Hall–Kier alpha value is -1.17. The summed E-state index contributed by atoms with van der Waals surface area (Å²) in [4.78, 5) is 51.3. The first-order valence-electron chi connectivity index (χ1n) is 12.5. The molecular formula is C26H38O5S. The van der Waals surface area contributed by atoms with Crippen LogP contribution < -0.4 is 0 Å². The van der Waals surface area contributed by atoms with E-state index in [2.05, 4.69) is 33.4 Å². The maximum Gasteiger partial charge on any atom is 0.305 e. The van der Waals surface area contributed by atoms with Crippen LogP contribution in [0.25, 0.3) is 0 Å². The van der Waals surface area contributed by atoms with Gasteiger partial charge in [0.05, 0.1) is 0 Å². The molecule has 0 spiro atoms. The van der Waals surface area contributed by atoms with E-state index >= 15 is 0 Å². The molecule has 32 heavy (non-hydrogen) atoms. The van der Waals surface area contributed by atoms with Crippen molar-refractivity contribution in [2.75, 3.05) is 12.4 Å². The van der Waals surface area contributed by atoms with Crippen LogP contribution in [-0.4, -0.2) is 35.7 Å². The maximum atomic E-state index is 13.8. The molecule has 0 aromatic heterocycles. The van der Waals surface area contributed by atoms with Crippen molar-refractivity contribution in [3.8, 4) is 0 Å². The summed E-state index contributed by atoms with van der Waals surface area (Å²) in [5.41, 5.74) is -0.567. The van der Waals surface area contributed by atoms with Crippen molar-refractivity contribution < 1.29 is 23.9 Å². The lowest BCUT2D eigenvalue weighted by Gasteiger charge is -2.58. The summed E-state index contributed by atoms with van der Waals surface area (Å²) in [6, 6.07) is 0. The van der Waals surface area contributed by atoms with Crippen LogP contribution in [-0.2, 0) is 23.9 Å². The molecule has 0 aliphatic heterocycles. The van der Waals surface area contributed by atoms with Crippen LogP contribution in [0, 0.1) is 46.3 Å². The Balaban J connectivity index is 1.53. The molecule has 0 radical (unpaired) electrons. The molecule has 7 unspecified atom stereocenters. The Labute approximate surface area is 197 Å². The van der Waals surface area contributed by atoms with Crippen molar-refractivity contribution in [2.24, 2.45) is 46.3 Å². The highest BCUT2D eigenvalue weighted by Crippen LogP contribution is 2.66. The van der Waals surface area contributed by atoms with E-state index in [0.29, 0.717) is 62.5 Å². The highest BCUT2D eigenvalue weighted by Gasteiger charge is 2.66. The van der Waals surface area contributed by atoms with E-state index in [1.807, 2.05) is 0 Å². The third-order valence-electron chi connectivity index (χ3n) is 10.1. The van der Waals surface area contributed by atoms with Gasteiger partial charge in [-0.05, 0) is 60.7 Å². The molecule has 4 saturated carbocycles. The number of thiol groups is 1. The Morgan fingerprint density at radius 1 is 1.12 bits per heavy atom. The second-order valence-corrected chi connectivity index (χ2v) is 11.9. The average Bonchev–Trinajstić information content (AvgIpc) is 3.11. The van der Waals surface area contributed by atoms with Crippen molar-refractivity contribution in [1.82, 2.24) is 0 Å². The molecule has 4 aliphatic rings. The van der Waals surface area contributed by atoms with Crippen LogP contribution in [0.3, 0.4) is 0 Å². The van der Waals surface area contributed by atoms with Gasteiger partial charge in [0, 0.05) is 49.2 Å². The van der Waals surface area contributed by atoms with E-state index in [9.17, 15) is 19.2 Å². The SMILES string of the molecule is C[C@H](CCC(=O)OCCS)C1CCC2C3C(=O)CC4CC(=O)CCC4(C)C3CC(=O)C21C. The predicted molar refractivity (Wildman–Crippen MR) is 124 cm³/mol. The van der Waals surface area contributed by atoms with Gasteiger partial charge in [-0.25, -0.2) is 0 Å². The molecule has 0 heterocycles. The Kier molecular flexibility index (Phi) is 6.65. The lowest BCUT2D eigenvalue weighted by Crippen LogP contribution is -2.60. The fraction of sp³-hybridized carbons (Fsp3) is 0.846. The van der Waals surface area contributed by atoms with Crippen LogP contribution >= 0.6 is 12.6 Å². The van der Waals surface area contributed by atoms with E-state index < -0.39 is 5.41 Å². The smallest absolute Gasteiger partial charge is 0.305 e. The van der Waals surface area contributed by atoms with Crippen LogP contribution in [0.1, 0.15) is 78.6 Å². The van der Waals surface area contributed by atoms with E-state index in [1.54, 1.807) is 0 Å². The molecular weight excluding hydrogens is 424 g/mol. The van der Waals surface area contributed by atoms with Crippen molar-refractivity contribution in [2.45, 2.75) is 78.6 Å². The van der Waals surface area contributed by atoms with Gasteiger partial charge < -0.3 is 4.74 Å². The largest absolute Gasteiger partial charge is 0.465 e. The molecule has 0 aromatic carbocycles. The standard InChI is InChI=1S/C26H38O5S/c1-15(4-7-23(30)31-10-11-32)18-5-6-19-24-20(14-22(29)26(18,19)3)25(2)9-8-17(27)12-16(25)13-21(24)28/h15-16,18-20,24,32H,4-14H2,1-3H3/t15-,16?,18?,19?,20?,24?,25?,26?/m1/s1. The number of Topliss-reactive ketones (excluding diaryl/α,β-unsaturated/α-hetero) is 3. The maximum absolute atomic E-state index is 13.8. The summed E-state index contributed by atoms with van der Waals surface area (Å²) < 4.78 is 5.16. The van der Waals surface area contributed by atoms with E-state index in [0.717, 1.165) is 19.3 Å². The molecule has 0 bridgehead atoms. The molecule has 5 nitrogen and oxygen atoms in total. The number of hydrogen-bond donors (Lipinski definition) is 1. The molecule has 6 heteroatoms. The number of carbonyl (C=O) groups excluding carboxylic acids is 4. The molecule has 4 rings (SSSR count). The van der Waals surface area contributed by atoms with Crippen molar-refractivity contribution >= 4 is 35.9 Å². The second-order valence-electron chi connectivity index (χ2n) is 11.4. The highest BCUT2D eigenvalue weighted by atomic mass is 32.1. The van der Waals surface area contributed by atoms with Crippen molar-refractivity contribution in [3.05, 3.63) is 0 Å². The quantitative estimate of drug-likeness (QED) is 0.466. The zero-order chi connectivity index (χ0) is 23.3. The number of carbonyl (C=O) groups is 4. The fourth-order valence-electron chi connectivity index (χ4n) is 8.17. The fourth-order valence-corrected chi connectivity index (χ4v) is 8.26. The van der Waals surface area contributed by atoms with Gasteiger partial charge in [0.2, 0.25) is 0 Å². The number of hydrogen-bond acceptors (Lipinski definition) is 6. The molecule has 178 valence electrons. The first-order chi connectivity index (χ1) is 15.1. The molecule has 4 fully saturated rings. The summed E-state index contributed by atoms with van der Waals surface area (Å²) >= 11 is 4.07. The molecule has 0 amide bonds. The lowest BCUT2D eigenvalue weighted by atomic mass is 9.44. The van der Waals surface area contributed by atoms with Gasteiger partial charge in [0.25, 0.3) is 0 Å². The van der Waals surface area contributed by atoms with Gasteiger partial charge in [0.1, 0.15) is 24.0 Å². The van der Waals surface area contributed by atoms with Crippen molar-refractivity contribution in [3.63, 3.8) is 0 Å². The van der Waals surface area contributed by atoms with E-state index in [4.69, 9.17) is 4.74 Å². The van der Waals surface area contributed by atoms with E-state index in [-0.39, 0.29) is 52.7 Å². The minimum Gasteiger partial charge on any atom is -0.465 e. The molecule has 8 atom stereocenters. The number of ketones is 3. The molecule has 0 N–H and O–H groups in total. The Morgan fingerprint density at radius 3 is 2.59 bits per heavy atom. The number of fused-ring (bicyclic) bond motifs is 5. The molecule has 4 aliphatic carbocycles. The van der Waals surface area contributed by atoms with Crippen LogP contribution in [0.2, 0.25) is 0 Å². The van der Waals surface area contributed by atoms with Crippen molar-refractivity contribution in [1.29, 1.82) is 0 Å². The third kappa shape index (κ3) is 3.78. The van der Waals surface area contributed by atoms with Gasteiger partial charge >= 0.3 is 5.97 Å². The highest BCUT2D eigenvalue weighted by molar-refractivity contribution is 7.80. The Bertz CT molecular complexity index is 808. The van der Waals surface area contributed by atoms with Gasteiger partial charge in [-0.15, -0.1) is 0 Å². The summed E-state index contributed by atoms with van der Waals surface area (Å²) in [5.74, 6) is 1.84. The average molecular weight is 463 g/mol. The first kappa shape index (κ1) is 24.0. The summed E-state index contributed by atoms with van der Waals surface area (Å²) in [7, 11) is 0. The summed E-state index contributed by atoms with van der Waals surface area (Å²) in [6.07, 6.45) is 5.79. The number of ether oxygens (including phenoxy) is 1. The molecule has 0 saturated heterocycles. The predicted octanol–water partition coefficient (Wildman–Crippen LogP) is 4.46. The minimum atomic E-state index is -0.487. The normalized spacial score (nSPS) is 42.1. The van der Waals surface area contributed by atoms with Gasteiger partial charge in [-0.1, -0.05) is 20.8 Å². The lowest BCUT2D eigenvalue weighted by molar-refractivity contribution is -0.166. The Morgan fingerprint density at radius 2 is 1.88 bits per heavy atom. The number of rotatable bonds is 6. The zero-order valence-corrected chi connectivity index (χ0v) is 20.6. The topological polar surface area (TPSA) is 77.5 Å². The van der Waals surface area contributed by atoms with Crippen LogP contribution in [0.5, 0.6) is 0 Å². The van der Waals surface area contributed by atoms with Gasteiger partial charge in [0.15, 0.2) is 0 Å². The third-order valence-corrected chi connectivity index (χ3v) is 10.2. The van der Waals surface area contributed by atoms with Gasteiger partial charge in [-0.2, -0.15) is 12.6 Å². The monoisotopic (exact) mass is 462 g/mol. The minimum absolute atomic E-state index is 0.0512. The summed E-state index contributed by atoms with van der Waals surface area (Å²) in [6.45, 7) is 6.83. The van der Waals surface area contributed by atoms with Crippen LogP contribution in [0.15, 0.2) is 0 Å². The van der Waals surface area contributed by atoms with Gasteiger partial charge in [-0.3, -0.25) is 19.2 Å². The number of esters is 1. The first-order valence-corrected chi connectivity index (χ1v) is 13.1. The van der Waals surface area contributed by atoms with Crippen LogP contribution in [0.4, 0.5) is 0 Å².